The van der Waals surface area contributed by atoms with Gasteiger partial charge in [-0.05, 0) is 55.3 Å². The minimum absolute atomic E-state index is 0.496. The zero-order chi connectivity index (χ0) is 16.5. The summed E-state index contributed by atoms with van der Waals surface area (Å²) in [6.07, 6.45) is 1.16. The van der Waals surface area contributed by atoms with Crippen molar-refractivity contribution in [3.8, 4) is 5.75 Å². The number of fused-ring (bicyclic) bond motifs is 1. The number of methoxy groups -OCH3 is 1. The van der Waals surface area contributed by atoms with Crippen LogP contribution in [0.5, 0.6) is 5.75 Å². The van der Waals surface area contributed by atoms with E-state index in [0.29, 0.717) is 5.92 Å². The van der Waals surface area contributed by atoms with Crippen LogP contribution in [0, 0.1) is 6.92 Å². The van der Waals surface area contributed by atoms with E-state index in [9.17, 15) is 0 Å². The van der Waals surface area contributed by atoms with Crippen LogP contribution in [0.2, 0.25) is 0 Å². The van der Waals surface area contributed by atoms with Crippen LogP contribution in [-0.4, -0.2) is 35.1 Å². The summed E-state index contributed by atoms with van der Waals surface area (Å²) in [5, 5.41) is 0. The van der Waals surface area contributed by atoms with Gasteiger partial charge in [-0.15, -0.1) is 0 Å². The van der Waals surface area contributed by atoms with Gasteiger partial charge in [0.25, 0.3) is 0 Å². The quantitative estimate of drug-likeness (QED) is 0.793. The monoisotopic (exact) mass is 321 g/mol. The normalized spacial score (nSPS) is 18.3. The van der Waals surface area contributed by atoms with Crippen molar-refractivity contribution in [3.05, 3.63) is 59.4 Å². The van der Waals surface area contributed by atoms with Gasteiger partial charge in [0.05, 0.1) is 18.1 Å². The predicted molar refractivity (Wildman–Crippen MR) is 96.5 cm³/mol. The van der Waals surface area contributed by atoms with Gasteiger partial charge >= 0.3 is 0 Å². The van der Waals surface area contributed by atoms with E-state index in [-0.39, 0.29) is 0 Å². The largest absolute Gasteiger partial charge is 0.497 e. The summed E-state index contributed by atoms with van der Waals surface area (Å²) < 4.78 is 5.23. The van der Waals surface area contributed by atoms with Crippen LogP contribution in [0.4, 0.5) is 0 Å². The van der Waals surface area contributed by atoms with E-state index in [4.69, 9.17) is 9.72 Å². The van der Waals surface area contributed by atoms with Gasteiger partial charge in [-0.2, -0.15) is 0 Å². The van der Waals surface area contributed by atoms with E-state index in [0.717, 1.165) is 48.7 Å². The summed E-state index contributed by atoms with van der Waals surface area (Å²) in [6, 6.07) is 14.8. The lowest BCUT2D eigenvalue weighted by atomic mass is 10.1. The molecular formula is C20H23N3O. The number of aromatic nitrogens is 2. The molecule has 2 heterocycles. The Labute approximate surface area is 142 Å². The van der Waals surface area contributed by atoms with E-state index < -0.39 is 0 Å². The molecule has 0 radical (unpaired) electrons. The van der Waals surface area contributed by atoms with Crippen molar-refractivity contribution in [1.82, 2.24) is 14.9 Å². The molecule has 0 aliphatic carbocycles. The number of aryl methyl sites for hydroxylation is 1. The smallest absolute Gasteiger partial charge is 0.118 e. The standard InChI is InChI=1S/C20H23N3O/c1-14-3-8-18-19(11-14)22-20(21-18)16-9-10-23(13-16)12-15-4-6-17(24-2)7-5-15/h3-8,11,16H,9-10,12-13H2,1-2H3,(H,21,22)/t16-/m0/s1. The first-order valence-corrected chi connectivity index (χ1v) is 8.53. The van der Waals surface area contributed by atoms with Gasteiger partial charge in [-0.3, -0.25) is 4.90 Å². The van der Waals surface area contributed by atoms with Crippen LogP contribution in [0.25, 0.3) is 11.0 Å². The SMILES string of the molecule is COc1ccc(CN2CC[C@H](c3nc4ccc(C)cc4[nH]3)C2)cc1. The average Bonchev–Trinajstić information content (AvgIpc) is 3.21. The Morgan fingerprint density at radius 3 is 2.83 bits per heavy atom. The van der Waals surface area contributed by atoms with Gasteiger partial charge in [0.15, 0.2) is 0 Å². The molecule has 0 unspecified atom stereocenters. The van der Waals surface area contributed by atoms with Gasteiger partial charge < -0.3 is 9.72 Å². The fourth-order valence-corrected chi connectivity index (χ4v) is 3.53. The zero-order valence-electron chi connectivity index (χ0n) is 14.2. The fraction of sp³-hybridized carbons (Fsp3) is 0.350. The summed E-state index contributed by atoms with van der Waals surface area (Å²) >= 11 is 0. The number of imidazole rings is 1. The molecule has 3 aromatic rings. The molecule has 0 saturated carbocycles. The average molecular weight is 321 g/mol. The van der Waals surface area contributed by atoms with Crippen molar-refractivity contribution in [2.45, 2.75) is 25.8 Å². The highest BCUT2D eigenvalue weighted by Gasteiger charge is 2.26. The first kappa shape index (κ1) is 15.2. The molecule has 1 N–H and O–H groups in total. The maximum absolute atomic E-state index is 5.23. The molecule has 4 heteroatoms. The van der Waals surface area contributed by atoms with E-state index in [1.807, 2.05) is 12.1 Å². The Balaban J connectivity index is 1.44. The number of hydrogen-bond acceptors (Lipinski definition) is 3. The molecule has 1 atom stereocenters. The molecule has 0 spiro atoms. The lowest BCUT2D eigenvalue weighted by molar-refractivity contribution is 0.325. The van der Waals surface area contributed by atoms with Crippen molar-refractivity contribution < 1.29 is 4.74 Å². The highest BCUT2D eigenvalue weighted by Crippen LogP contribution is 2.28. The Kier molecular flexibility index (Phi) is 3.98. The lowest BCUT2D eigenvalue weighted by Crippen LogP contribution is -2.19. The molecule has 4 nitrogen and oxygen atoms in total. The minimum Gasteiger partial charge on any atom is -0.497 e. The van der Waals surface area contributed by atoms with Crippen molar-refractivity contribution >= 4 is 11.0 Å². The molecule has 24 heavy (non-hydrogen) atoms. The lowest BCUT2D eigenvalue weighted by Gasteiger charge is -2.15. The summed E-state index contributed by atoms with van der Waals surface area (Å²) in [4.78, 5) is 10.8. The summed E-state index contributed by atoms with van der Waals surface area (Å²) in [5.74, 6) is 2.54. The molecule has 0 amide bonds. The summed E-state index contributed by atoms with van der Waals surface area (Å²) in [6.45, 7) is 5.28. The molecule has 1 aliphatic rings. The molecule has 1 fully saturated rings. The van der Waals surface area contributed by atoms with Crippen LogP contribution in [-0.2, 0) is 6.54 Å². The topological polar surface area (TPSA) is 41.1 Å². The van der Waals surface area contributed by atoms with Crippen molar-refractivity contribution in [3.63, 3.8) is 0 Å². The van der Waals surface area contributed by atoms with Crippen molar-refractivity contribution in [2.24, 2.45) is 0 Å². The van der Waals surface area contributed by atoms with Crippen molar-refractivity contribution in [2.75, 3.05) is 20.2 Å². The highest BCUT2D eigenvalue weighted by atomic mass is 16.5. The Morgan fingerprint density at radius 2 is 2.04 bits per heavy atom. The van der Waals surface area contributed by atoms with E-state index in [1.54, 1.807) is 7.11 Å². The number of H-pyrrole nitrogens is 1. The van der Waals surface area contributed by atoms with Gasteiger partial charge in [0.1, 0.15) is 11.6 Å². The molecule has 4 rings (SSSR count). The summed E-state index contributed by atoms with van der Waals surface area (Å²) in [7, 11) is 1.70. The fourth-order valence-electron chi connectivity index (χ4n) is 3.53. The summed E-state index contributed by atoms with van der Waals surface area (Å²) in [5.41, 5.74) is 4.82. The van der Waals surface area contributed by atoms with Crippen LogP contribution >= 0.6 is 0 Å². The Bertz CT molecular complexity index is 838. The van der Waals surface area contributed by atoms with E-state index in [2.05, 4.69) is 47.1 Å². The van der Waals surface area contributed by atoms with Gasteiger partial charge in [-0.25, -0.2) is 4.98 Å². The second kappa shape index (κ2) is 6.29. The maximum atomic E-state index is 5.23. The molecule has 0 bridgehead atoms. The highest BCUT2D eigenvalue weighted by molar-refractivity contribution is 5.75. The number of nitrogens with zero attached hydrogens (tertiary/aromatic N) is 2. The number of ether oxygens (including phenoxy) is 1. The molecular weight excluding hydrogens is 298 g/mol. The molecule has 124 valence electrons. The van der Waals surface area contributed by atoms with Crippen LogP contribution < -0.4 is 4.74 Å². The first-order chi connectivity index (χ1) is 11.7. The second-order valence-corrected chi connectivity index (χ2v) is 6.71. The van der Waals surface area contributed by atoms with Gasteiger partial charge in [0, 0.05) is 19.0 Å². The van der Waals surface area contributed by atoms with Crippen LogP contribution in [0.3, 0.4) is 0 Å². The predicted octanol–water partition coefficient (Wildman–Crippen LogP) is 3.87. The molecule has 1 aliphatic heterocycles. The van der Waals surface area contributed by atoms with Crippen LogP contribution in [0.1, 0.15) is 29.3 Å². The van der Waals surface area contributed by atoms with Crippen molar-refractivity contribution in [1.29, 1.82) is 0 Å². The zero-order valence-corrected chi connectivity index (χ0v) is 14.2. The number of likely N-dealkylation sites (tertiary alicyclic amines) is 1. The minimum atomic E-state index is 0.496. The maximum Gasteiger partial charge on any atom is 0.118 e. The van der Waals surface area contributed by atoms with Gasteiger partial charge in [-0.1, -0.05) is 18.2 Å². The second-order valence-electron chi connectivity index (χ2n) is 6.71. The Morgan fingerprint density at radius 1 is 1.21 bits per heavy atom. The third kappa shape index (κ3) is 3.02. The third-order valence-corrected chi connectivity index (χ3v) is 4.88. The number of benzene rings is 2. The molecule has 1 aromatic heterocycles. The number of hydrogen-bond donors (Lipinski definition) is 1. The molecule has 1 saturated heterocycles. The third-order valence-electron chi connectivity index (χ3n) is 4.88. The van der Waals surface area contributed by atoms with Gasteiger partial charge in [0.2, 0.25) is 0 Å². The number of rotatable bonds is 4. The number of nitrogens with one attached hydrogen (secondary N) is 1. The first-order valence-electron chi connectivity index (χ1n) is 8.53. The number of aromatic amines is 1. The van der Waals surface area contributed by atoms with E-state index in [1.165, 1.54) is 11.1 Å². The molecule has 2 aromatic carbocycles. The van der Waals surface area contributed by atoms with Crippen LogP contribution in [0.15, 0.2) is 42.5 Å². The Hall–Kier alpha value is -2.33. The van der Waals surface area contributed by atoms with E-state index >= 15 is 0 Å².